The van der Waals surface area contributed by atoms with Gasteiger partial charge in [0.25, 0.3) is 0 Å². The smallest absolute Gasteiger partial charge is 0.227 e. The highest BCUT2D eigenvalue weighted by Crippen LogP contribution is 2.30. The van der Waals surface area contributed by atoms with Gasteiger partial charge in [0.15, 0.2) is 11.5 Å². The number of anilines is 2. The number of hydrogen-bond donors (Lipinski definition) is 1. The number of nitrogens with zero attached hydrogens (tertiary/aromatic N) is 7. The van der Waals surface area contributed by atoms with Crippen molar-refractivity contribution in [3.8, 4) is 0 Å². The van der Waals surface area contributed by atoms with Crippen LogP contribution in [0.3, 0.4) is 0 Å². The zero-order valence-corrected chi connectivity index (χ0v) is 13.0. The van der Waals surface area contributed by atoms with Gasteiger partial charge in [0.2, 0.25) is 5.91 Å². The fourth-order valence-corrected chi connectivity index (χ4v) is 3.38. The number of aromatic nitrogens is 6. The fourth-order valence-electron chi connectivity index (χ4n) is 3.38. The molecule has 2 aliphatic rings. The van der Waals surface area contributed by atoms with Gasteiger partial charge < -0.3 is 14.8 Å². The number of aromatic amines is 1. The van der Waals surface area contributed by atoms with Gasteiger partial charge in [-0.15, -0.1) is 0 Å². The van der Waals surface area contributed by atoms with Crippen LogP contribution in [0.4, 0.5) is 11.5 Å². The van der Waals surface area contributed by atoms with Crippen molar-refractivity contribution in [2.24, 2.45) is 0 Å². The van der Waals surface area contributed by atoms with E-state index in [-0.39, 0.29) is 11.9 Å². The topological polar surface area (TPSA) is 95.8 Å². The molecule has 3 aromatic rings. The van der Waals surface area contributed by atoms with Crippen molar-refractivity contribution in [1.29, 1.82) is 0 Å². The van der Waals surface area contributed by atoms with Crippen molar-refractivity contribution >= 4 is 28.6 Å². The molecule has 2 saturated heterocycles. The number of carbonyl (C=O) groups excluding carboxylic acids is 1. The van der Waals surface area contributed by atoms with Crippen molar-refractivity contribution in [2.45, 2.75) is 18.9 Å². The fraction of sp³-hybridized carbons (Fsp3) is 0.400. The highest BCUT2D eigenvalue weighted by molar-refractivity contribution is 5.95. The molecule has 0 saturated carbocycles. The van der Waals surface area contributed by atoms with Crippen LogP contribution in [0.5, 0.6) is 0 Å². The van der Waals surface area contributed by atoms with E-state index in [2.05, 4.69) is 29.9 Å². The van der Waals surface area contributed by atoms with E-state index in [1.165, 1.54) is 6.33 Å². The first-order valence-electron chi connectivity index (χ1n) is 8.03. The molecular weight excluding hydrogens is 308 g/mol. The number of fused-ring (bicyclic) bond motifs is 1. The lowest BCUT2D eigenvalue weighted by molar-refractivity contribution is -0.117. The zero-order chi connectivity index (χ0) is 16.1. The van der Waals surface area contributed by atoms with Crippen LogP contribution in [0.15, 0.2) is 25.0 Å². The van der Waals surface area contributed by atoms with Gasteiger partial charge in [-0.05, 0) is 6.42 Å². The molecule has 0 spiro atoms. The van der Waals surface area contributed by atoms with E-state index in [0.717, 1.165) is 43.1 Å². The summed E-state index contributed by atoms with van der Waals surface area (Å²) >= 11 is 0. The molecule has 5 heterocycles. The van der Waals surface area contributed by atoms with Crippen LogP contribution < -0.4 is 9.80 Å². The quantitative estimate of drug-likeness (QED) is 0.763. The van der Waals surface area contributed by atoms with Gasteiger partial charge in [0.1, 0.15) is 11.8 Å². The molecule has 0 unspecified atom stereocenters. The number of H-pyrrole nitrogens is 1. The van der Waals surface area contributed by atoms with Crippen molar-refractivity contribution in [2.75, 3.05) is 29.4 Å². The number of carbonyl (C=O) groups is 1. The molecule has 0 bridgehead atoms. The molecule has 0 aliphatic carbocycles. The van der Waals surface area contributed by atoms with Crippen molar-refractivity contribution in [3.63, 3.8) is 0 Å². The van der Waals surface area contributed by atoms with Gasteiger partial charge in [-0.1, -0.05) is 0 Å². The van der Waals surface area contributed by atoms with Crippen LogP contribution in [-0.2, 0) is 4.79 Å². The minimum atomic E-state index is 0.187. The van der Waals surface area contributed by atoms with Crippen molar-refractivity contribution < 1.29 is 4.79 Å². The van der Waals surface area contributed by atoms with Crippen LogP contribution in [0.25, 0.3) is 11.2 Å². The molecule has 9 heteroatoms. The number of nitrogens with one attached hydrogen (secondary N) is 1. The first-order chi connectivity index (χ1) is 11.8. The first kappa shape index (κ1) is 13.5. The summed E-state index contributed by atoms with van der Waals surface area (Å²) in [4.78, 5) is 31.6. The Balaban J connectivity index is 1.32. The van der Waals surface area contributed by atoms with Crippen molar-refractivity contribution in [3.05, 3.63) is 25.0 Å². The summed E-state index contributed by atoms with van der Waals surface area (Å²) < 4.78 is 1.95. The van der Waals surface area contributed by atoms with E-state index in [9.17, 15) is 4.79 Å². The highest BCUT2D eigenvalue weighted by atomic mass is 16.2. The third-order valence-corrected chi connectivity index (χ3v) is 4.71. The minimum Gasteiger partial charge on any atom is -0.350 e. The Labute approximate surface area is 137 Å². The Bertz CT molecular complexity index is 909. The Hall–Kier alpha value is -2.97. The second-order valence-electron chi connectivity index (χ2n) is 6.18. The molecular formula is C15H16N8O. The highest BCUT2D eigenvalue weighted by Gasteiger charge is 2.32. The molecule has 2 aliphatic heterocycles. The molecule has 0 atom stereocenters. The van der Waals surface area contributed by atoms with Crippen LogP contribution in [-0.4, -0.2) is 55.3 Å². The molecule has 1 N–H and O–H groups in total. The standard InChI is InChI=1S/C15H16N8O/c24-12-2-1-3-22(12)10-4-20-23(7-10)11-5-21(6-11)15-13-14(17-8-16-13)18-9-19-15/h4,7-9,11H,1-3,5-6H2,(H,16,17,18,19). The summed E-state index contributed by atoms with van der Waals surface area (Å²) in [6.07, 6.45) is 8.48. The second kappa shape index (κ2) is 5.02. The summed E-state index contributed by atoms with van der Waals surface area (Å²) in [7, 11) is 0. The molecule has 9 nitrogen and oxygen atoms in total. The molecule has 0 aromatic carbocycles. The first-order valence-corrected chi connectivity index (χ1v) is 8.03. The van der Waals surface area contributed by atoms with Crippen LogP contribution in [0, 0.1) is 0 Å². The Kier molecular flexibility index (Phi) is 2.81. The SMILES string of the molecule is O=C1CCCN1c1cnn(C2CN(c3ncnc4nc[nH]c34)C2)c1. The van der Waals surface area contributed by atoms with E-state index >= 15 is 0 Å². The lowest BCUT2D eigenvalue weighted by Gasteiger charge is -2.40. The van der Waals surface area contributed by atoms with Crippen molar-refractivity contribution in [1.82, 2.24) is 29.7 Å². The number of amides is 1. The van der Waals surface area contributed by atoms with E-state index < -0.39 is 0 Å². The van der Waals surface area contributed by atoms with Crippen LogP contribution in [0.1, 0.15) is 18.9 Å². The van der Waals surface area contributed by atoms with Gasteiger partial charge in [-0.25, -0.2) is 15.0 Å². The predicted octanol–water partition coefficient (Wildman–Crippen LogP) is 0.737. The van der Waals surface area contributed by atoms with E-state index in [0.29, 0.717) is 12.1 Å². The van der Waals surface area contributed by atoms with Gasteiger partial charge in [-0.2, -0.15) is 5.10 Å². The van der Waals surface area contributed by atoms with Crippen LogP contribution in [0.2, 0.25) is 0 Å². The normalized spacial score (nSPS) is 18.6. The third-order valence-electron chi connectivity index (χ3n) is 4.71. The monoisotopic (exact) mass is 324 g/mol. The Morgan fingerprint density at radius 2 is 2.12 bits per heavy atom. The van der Waals surface area contributed by atoms with E-state index in [4.69, 9.17) is 0 Å². The molecule has 122 valence electrons. The van der Waals surface area contributed by atoms with Gasteiger partial charge in [0.05, 0.1) is 24.3 Å². The summed E-state index contributed by atoms with van der Waals surface area (Å²) in [5.41, 5.74) is 2.44. The largest absolute Gasteiger partial charge is 0.350 e. The predicted molar refractivity (Wildman–Crippen MR) is 86.7 cm³/mol. The average Bonchev–Trinajstić information content (AvgIpc) is 3.25. The van der Waals surface area contributed by atoms with Gasteiger partial charge in [0, 0.05) is 32.3 Å². The maximum absolute atomic E-state index is 11.8. The molecule has 5 rings (SSSR count). The number of hydrogen-bond acceptors (Lipinski definition) is 6. The van der Waals surface area contributed by atoms with Gasteiger partial charge >= 0.3 is 0 Å². The Morgan fingerprint density at radius 3 is 2.96 bits per heavy atom. The number of rotatable bonds is 3. The maximum Gasteiger partial charge on any atom is 0.227 e. The third kappa shape index (κ3) is 1.97. The summed E-state index contributed by atoms with van der Waals surface area (Å²) in [5, 5.41) is 4.44. The minimum absolute atomic E-state index is 0.187. The molecule has 2 fully saturated rings. The zero-order valence-electron chi connectivity index (χ0n) is 13.0. The molecule has 24 heavy (non-hydrogen) atoms. The second-order valence-corrected chi connectivity index (χ2v) is 6.18. The average molecular weight is 324 g/mol. The summed E-state index contributed by atoms with van der Waals surface area (Å²) in [6.45, 7) is 2.43. The van der Waals surface area contributed by atoms with Crippen LogP contribution >= 0.6 is 0 Å². The number of imidazole rings is 1. The summed E-state index contributed by atoms with van der Waals surface area (Å²) in [5.74, 6) is 1.06. The molecule has 1 amide bonds. The lowest BCUT2D eigenvalue weighted by Crippen LogP contribution is -2.48. The lowest BCUT2D eigenvalue weighted by atomic mass is 10.1. The van der Waals surface area contributed by atoms with Gasteiger partial charge in [-0.3, -0.25) is 9.48 Å². The van der Waals surface area contributed by atoms with E-state index in [1.54, 1.807) is 12.5 Å². The molecule has 0 radical (unpaired) electrons. The maximum atomic E-state index is 11.8. The summed E-state index contributed by atoms with van der Waals surface area (Å²) in [6, 6.07) is 0.282. The Morgan fingerprint density at radius 1 is 1.21 bits per heavy atom. The molecule has 3 aromatic heterocycles. The van der Waals surface area contributed by atoms with E-state index in [1.807, 2.05) is 15.8 Å².